The van der Waals surface area contributed by atoms with Crippen LogP contribution >= 0.6 is 15.9 Å². The number of aromatic nitrogens is 1. The van der Waals surface area contributed by atoms with E-state index in [0.29, 0.717) is 5.41 Å². The Morgan fingerprint density at radius 1 is 1.10 bits per heavy atom. The highest BCUT2D eigenvalue weighted by Gasteiger charge is 2.30. The lowest BCUT2D eigenvalue weighted by atomic mass is 9.69. The Kier molecular flexibility index (Phi) is 3.70. The van der Waals surface area contributed by atoms with E-state index in [-0.39, 0.29) is 0 Å². The second kappa shape index (κ2) is 5.22. The van der Waals surface area contributed by atoms with Crippen LogP contribution in [-0.2, 0) is 0 Å². The van der Waals surface area contributed by atoms with Gasteiger partial charge in [0.15, 0.2) is 0 Å². The van der Waals surface area contributed by atoms with Gasteiger partial charge in [0.25, 0.3) is 0 Å². The highest BCUT2D eigenvalue weighted by molar-refractivity contribution is 9.10. The molecule has 1 aliphatic rings. The number of aromatic amines is 1. The van der Waals surface area contributed by atoms with Gasteiger partial charge in [0.1, 0.15) is 0 Å². The molecule has 1 heterocycles. The normalized spacial score (nSPS) is 24.2. The van der Waals surface area contributed by atoms with Crippen LogP contribution in [0.15, 0.2) is 28.9 Å². The zero-order valence-corrected chi connectivity index (χ0v) is 14.3. The molecule has 2 heteroatoms. The van der Waals surface area contributed by atoms with Gasteiger partial charge in [-0.2, -0.15) is 0 Å². The molecule has 0 saturated heterocycles. The molecule has 0 amide bonds. The van der Waals surface area contributed by atoms with Crippen molar-refractivity contribution in [1.29, 1.82) is 0 Å². The number of H-pyrrole nitrogens is 1. The lowest BCUT2D eigenvalue weighted by molar-refractivity contribution is 0.169. The number of nitrogens with one attached hydrogen (secondary N) is 1. The summed E-state index contributed by atoms with van der Waals surface area (Å²) in [6, 6.07) is 6.51. The number of rotatable bonds is 1. The molecular weight excluding hydrogens is 310 g/mol. The third-order valence-corrected chi connectivity index (χ3v) is 5.75. The minimum absolute atomic E-state index is 0.466. The summed E-state index contributed by atoms with van der Waals surface area (Å²) in [5.41, 5.74) is 3.24. The van der Waals surface area contributed by atoms with Crippen LogP contribution in [0.25, 0.3) is 10.9 Å². The van der Waals surface area contributed by atoms with E-state index in [1.165, 1.54) is 46.6 Å². The van der Waals surface area contributed by atoms with Crippen molar-refractivity contribution in [3.63, 3.8) is 0 Å². The van der Waals surface area contributed by atoms with E-state index in [1.54, 1.807) is 0 Å². The number of halogens is 1. The molecule has 1 N–H and O–H groups in total. The molecule has 1 aromatic heterocycles. The van der Waals surface area contributed by atoms with Gasteiger partial charge in [-0.1, -0.05) is 32.9 Å². The van der Waals surface area contributed by atoms with E-state index in [4.69, 9.17) is 0 Å². The topological polar surface area (TPSA) is 15.8 Å². The minimum atomic E-state index is 0.466. The summed E-state index contributed by atoms with van der Waals surface area (Å²) in [6.07, 6.45) is 7.64. The zero-order valence-electron chi connectivity index (χ0n) is 12.7. The lowest BCUT2D eigenvalue weighted by Gasteiger charge is -2.37. The van der Waals surface area contributed by atoms with Crippen molar-refractivity contribution in [2.24, 2.45) is 11.3 Å². The van der Waals surface area contributed by atoms with Crippen LogP contribution < -0.4 is 0 Å². The summed E-state index contributed by atoms with van der Waals surface area (Å²) < 4.78 is 1.17. The molecule has 0 unspecified atom stereocenters. The van der Waals surface area contributed by atoms with Crippen molar-refractivity contribution in [3.8, 4) is 0 Å². The van der Waals surface area contributed by atoms with Crippen LogP contribution in [0.5, 0.6) is 0 Å². The van der Waals surface area contributed by atoms with Gasteiger partial charge in [-0.25, -0.2) is 0 Å². The first kappa shape index (κ1) is 14.2. The predicted molar refractivity (Wildman–Crippen MR) is 90.2 cm³/mol. The van der Waals surface area contributed by atoms with Crippen LogP contribution in [0, 0.1) is 11.3 Å². The number of hydrogen-bond donors (Lipinski definition) is 1. The van der Waals surface area contributed by atoms with Crippen molar-refractivity contribution in [1.82, 2.24) is 4.98 Å². The average molecular weight is 334 g/mol. The van der Waals surface area contributed by atoms with Crippen molar-refractivity contribution >= 4 is 26.8 Å². The van der Waals surface area contributed by atoms with E-state index in [0.717, 1.165) is 11.8 Å². The molecule has 0 radical (unpaired) electrons. The van der Waals surface area contributed by atoms with Crippen LogP contribution in [0.3, 0.4) is 0 Å². The van der Waals surface area contributed by atoms with Crippen molar-refractivity contribution in [2.45, 2.75) is 52.4 Å². The molecule has 20 heavy (non-hydrogen) atoms. The fourth-order valence-corrected chi connectivity index (χ4v) is 4.23. The van der Waals surface area contributed by atoms with Crippen LogP contribution in [0.4, 0.5) is 0 Å². The number of benzene rings is 1. The van der Waals surface area contributed by atoms with E-state index in [1.807, 2.05) is 0 Å². The Labute approximate surface area is 130 Å². The molecular formula is C18H24BrN. The zero-order chi connectivity index (χ0) is 14.3. The Morgan fingerprint density at radius 2 is 1.80 bits per heavy atom. The molecule has 2 aromatic rings. The third-order valence-electron chi connectivity index (χ3n) is 5.09. The van der Waals surface area contributed by atoms with Crippen molar-refractivity contribution < 1.29 is 0 Å². The summed E-state index contributed by atoms with van der Waals surface area (Å²) >= 11 is 3.64. The summed E-state index contributed by atoms with van der Waals surface area (Å²) in [6.45, 7) is 7.17. The molecule has 1 aliphatic carbocycles. The molecule has 1 nitrogen and oxygen atoms in total. The second-order valence-electron chi connectivity index (χ2n) is 7.32. The molecule has 0 atom stereocenters. The monoisotopic (exact) mass is 333 g/mol. The Balaban J connectivity index is 1.82. The Hall–Kier alpha value is -0.760. The number of para-hydroxylation sites is 1. The van der Waals surface area contributed by atoms with Crippen molar-refractivity contribution in [3.05, 3.63) is 34.4 Å². The molecule has 1 aromatic carbocycles. The molecule has 1 saturated carbocycles. The summed E-state index contributed by atoms with van der Waals surface area (Å²) in [7, 11) is 0. The maximum atomic E-state index is 3.64. The number of fused-ring (bicyclic) bond motifs is 1. The van der Waals surface area contributed by atoms with E-state index >= 15 is 0 Å². The van der Waals surface area contributed by atoms with Crippen LogP contribution in [0.2, 0.25) is 0 Å². The maximum absolute atomic E-state index is 3.64. The summed E-state index contributed by atoms with van der Waals surface area (Å²) in [4.78, 5) is 3.45. The Bertz CT molecular complexity index is 597. The first-order chi connectivity index (χ1) is 9.47. The van der Waals surface area contributed by atoms with Crippen LogP contribution in [0.1, 0.15) is 57.9 Å². The Morgan fingerprint density at radius 3 is 2.45 bits per heavy atom. The molecule has 0 bridgehead atoms. The fraction of sp³-hybridized carbons (Fsp3) is 0.556. The molecule has 0 aliphatic heterocycles. The van der Waals surface area contributed by atoms with Gasteiger partial charge >= 0.3 is 0 Å². The van der Waals surface area contributed by atoms with Gasteiger partial charge in [0, 0.05) is 16.1 Å². The average Bonchev–Trinajstić information content (AvgIpc) is 2.83. The predicted octanol–water partition coefficient (Wildman–Crippen LogP) is 6.25. The first-order valence-electron chi connectivity index (χ1n) is 7.72. The van der Waals surface area contributed by atoms with Gasteiger partial charge in [0.05, 0.1) is 5.52 Å². The summed E-state index contributed by atoms with van der Waals surface area (Å²) in [5.74, 6) is 1.62. The van der Waals surface area contributed by atoms with Crippen LogP contribution in [-0.4, -0.2) is 4.98 Å². The highest BCUT2D eigenvalue weighted by atomic mass is 79.9. The van der Waals surface area contributed by atoms with Gasteiger partial charge < -0.3 is 4.98 Å². The lowest BCUT2D eigenvalue weighted by Crippen LogP contribution is -2.25. The van der Waals surface area contributed by atoms with Gasteiger partial charge in [-0.15, -0.1) is 0 Å². The van der Waals surface area contributed by atoms with Crippen molar-refractivity contribution in [2.75, 3.05) is 0 Å². The fourth-order valence-electron chi connectivity index (χ4n) is 3.75. The van der Waals surface area contributed by atoms with Gasteiger partial charge in [-0.05, 0) is 70.5 Å². The highest BCUT2D eigenvalue weighted by Crippen LogP contribution is 2.44. The number of hydrogen-bond acceptors (Lipinski definition) is 0. The van der Waals surface area contributed by atoms with Gasteiger partial charge in [-0.3, -0.25) is 0 Å². The molecule has 1 fully saturated rings. The molecule has 0 spiro atoms. The summed E-state index contributed by atoms with van der Waals surface area (Å²) in [5, 5.41) is 1.40. The first-order valence-corrected chi connectivity index (χ1v) is 8.51. The molecule has 3 rings (SSSR count). The standard InChI is InChI=1S/C18H24BrN/c1-18(2,3)13-9-7-12(8-10-13)15-11-20-17-14(15)5-4-6-16(17)19/h4-6,11-13,20H,7-10H2,1-3H3. The second-order valence-corrected chi connectivity index (χ2v) is 8.18. The van der Waals surface area contributed by atoms with E-state index in [9.17, 15) is 0 Å². The minimum Gasteiger partial charge on any atom is -0.360 e. The SMILES string of the molecule is CC(C)(C)C1CCC(c2c[nH]c3c(Br)cccc23)CC1. The largest absolute Gasteiger partial charge is 0.360 e. The maximum Gasteiger partial charge on any atom is 0.0601 e. The third kappa shape index (κ3) is 2.55. The van der Waals surface area contributed by atoms with E-state index < -0.39 is 0 Å². The smallest absolute Gasteiger partial charge is 0.0601 e. The molecule has 108 valence electrons. The van der Waals surface area contributed by atoms with E-state index in [2.05, 4.69) is 66.1 Å². The van der Waals surface area contributed by atoms with Gasteiger partial charge in [0.2, 0.25) is 0 Å². The quantitative estimate of drug-likeness (QED) is 0.634.